The lowest BCUT2D eigenvalue weighted by atomic mass is 10.5. The fourth-order valence-corrected chi connectivity index (χ4v) is 0.691. The van der Waals surface area contributed by atoms with Crippen molar-refractivity contribution < 1.29 is 9.53 Å². The summed E-state index contributed by atoms with van der Waals surface area (Å²) in [5.74, 6) is -0.168. The second-order valence-electron chi connectivity index (χ2n) is 2.31. The molecule has 0 rings (SSSR count). The van der Waals surface area contributed by atoms with Gasteiger partial charge >= 0.3 is 0 Å². The highest BCUT2D eigenvalue weighted by molar-refractivity contribution is 5.78. The van der Waals surface area contributed by atoms with Crippen LogP contribution in [-0.4, -0.2) is 38.8 Å². The molecule has 1 amide bonds. The Morgan fingerprint density at radius 3 is 3.00 bits per heavy atom. The molecule has 0 aromatic carbocycles. The summed E-state index contributed by atoms with van der Waals surface area (Å²) < 4.78 is 5.05. The Morgan fingerprint density at radius 1 is 1.62 bits per heavy atom. The highest BCUT2D eigenvalue weighted by Crippen LogP contribution is 1.70. The van der Waals surface area contributed by atoms with Crippen LogP contribution in [0.1, 0.15) is 6.92 Å². The first-order valence-corrected chi connectivity index (χ1v) is 4.23. The largest absolute Gasteiger partial charge is 0.380 e. The predicted octanol–water partition coefficient (Wildman–Crippen LogP) is -0.748. The lowest BCUT2D eigenvalue weighted by Crippen LogP contribution is -2.35. The molecule has 5 heteroatoms. The maximum absolute atomic E-state index is 10.9. The summed E-state index contributed by atoms with van der Waals surface area (Å²) in [6.45, 7) is 4.14. The van der Waals surface area contributed by atoms with Crippen LogP contribution < -0.4 is 10.6 Å². The van der Waals surface area contributed by atoms with Crippen molar-refractivity contribution in [3.8, 4) is 6.07 Å². The van der Waals surface area contributed by atoms with E-state index in [2.05, 4.69) is 10.6 Å². The number of hydrogen-bond donors (Lipinski definition) is 2. The minimum Gasteiger partial charge on any atom is -0.380 e. The molecule has 0 spiro atoms. The normalized spacial score (nSPS) is 9.23. The summed E-state index contributed by atoms with van der Waals surface area (Å²) in [5.41, 5.74) is 0. The third kappa shape index (κ3) is 8.79. The molecular formula is C8H15N3O2. The van der Waals surface area contributed by atoms with Gasteiger partial charge in [-0.05, 0) is 6.92 Å². The smallest absolute Gasteiger partial charge is 0.234 e. The monoisotopic (exact) mass is 185 g/mol. The number of hydrogen-bond acceptors (Lipinski definition) is 4. The van der Waals surface area contributed by atoms with Crippen LogP contribution in [0.5, 0.6) is 0 Å². The standard InChI is InChI=1S/C8H15N3O2/c1-2-13-6-5-10-7-8(12)11-4-3-9/h10H,2,4-7H2,1H3,(H,11,12). The van der Waals surface area contributed by atoms with Gasteiger partial charge in [0.25, 0.3) is 0 Å². The van der Waals surface area contributed by atoms with Crippen molar-refractivity contribution in [2.45, 2.75) is 6.92 Å². The molecule has 0 atom stereocenters. The molecule has 0 fully saturated rings. The van der Waals surface area contributed by atoms with Gasteiger partial charge in [-0.2, -0.15) is 5.26 Å². The van der Waals surface area contributed by atoms with Gasteiger partial charge in [-0.3, -0.25) is 4.79 Å². The SMILES string of the molecule is CCOCCNCC(=O)NCC#N. The highest BCUT2D eigenvalue weighted by atomic mass is 16.5. The van der Waals surface area contributed by atoms with Crippen LogP contribution in [0.3, 0.4) is 0 Å². The maximum Gasteiger partial charge on any atom is 0.234 e. The Hall–Kier alpha value is -1.12. The fourth-order valence-electron chi connectivity index (χ4n) is 0.691. The summed E-state index contributed by atoms with van der Waals surface area (Å²) >= 11 is 0. The number of carbonyl (C=O) groups is 1. The molecule has 0 heterocycles. The summed E-state index contributed by atoms with van der Waals surface area (Å²) in [5, 5.41) is 13.5. The van der Waals surface area contributed by atoms with Gasteiger partial charge in [-0.15, -0.1) is 0 Å². The molecule has 0 saturated heterocycles. The molecule has 0 aliphatic rings. The Labute approximate surface area is 78.1 Å². The molecule has 0 bridgehead atoms. The average Bonchev–Trinajstić information content (AvgIpc) is 2.14. The summed E-state index contributed by atoms with van der Waals surface area (Å²) in [6, 6.07) is 1.82. The molecule has 2 N–H and O–H groups in total. The molecule has 0 aromatic heterocycles. The van der Waals surface area contributed by atoms with Crippen molar-refractivity contribution in [1.82, 2.24) is 10.6 Å². The van der Waals surface area contributed by atoms with E-state index in [-0.39, 0.29) is 19.0 Å². The molecule has 0 aromatic rings. The first-order chi connectivity index (χ1) is 6.31. The Balaban J connectivity index is 3.13. The molecule has 5 nitrogen and oxygen atoms in total. The summed E-state index contributed by atoms with van der Waals surface area (Å²) in [7, 11) is 0. The quantitative estimate of drug-likeness (QED) is 0.404. The fraction of sp³-hybridized carbons (Fsp3) is 0.750. The minimum atomic E-state index is -0.168. The van der Waals surface area contributed by atoms with E-state index >= 15 is 0 Å². The topological polar surface area (TPSA) is 74.2 Å². The first-order valence-electron chi connectivity index (χ1n) is 4.23. The Kier molecular flexibility index (Phi) is 8.20. The third-order valence-corrected chi connectivity index (χ3v) is 1.28. The molecule has 0 aliphatic carbocycles. The lowest BCUT2D eigenvalue weighted by Gasteiger charge is -2.03. The lowest BCUT2D eigenvalue weighted by molar-refractivity contribution is -0.120. The van der Waals surface area contributed by atoms with Crippen LogP contribution in [0.15, 0.2) is 0 Å². The number of nitriles is 1. The maximum atomic E-state index is 10.9. The zero-order valence-corrected chi connectivity index (χ0v) is 7.80. The van der Waals surface area contributed by atoms with E-state index in [0.717, 1.165) is 0 Å². The van der Waals surface area contributed by atoms with Crippen LogP contribution in [0, 0.1) is 11.3 Å². The summed E-state index contributed by atoms with van der Waals surface area (Å²) in [4.78, 5) is 10.9. The number of carbonyl (C=O) groups excluding carboxylic acids is 1. The van der Waals surface area contributed by atoms with E-state index in [1.54, 1.807) is 0 Å². The Bertz CT molecular complexity index is 177. The molecule has 0 unspecified atom stereocenters. The van der Waals surface area contributed by atoms with Crippen molar-refractivity contribution in [3.05, 3.63) is 0 Å². The first kappa shape index (κ1) is 11.9. The van der Waals surface area contributed by atoms with Crippen LogP contribution in [0.2, 0.25) is 0 Å². The van der Waals surface area contributed by atoms with Gasteiger partial charge < -0.3 is 15.4 Å². The van der Waals surface area contributed by atoms with Gasteiger partial charge in [0.1, 0.15) is 6.54 Å². The number of nitrogens with one attached hydrogen (secondary N) is 2. The van der Waals surface area contributed by atoms with E-state index in [0.29, 0.717) is 19.8 Å². The average molecular weight is 185 g/mol. The van der Waals surface area contributed by atoms with Gasteiger partial charge in [0.2, 0.25) is 5.91 Å². The number of nitrogens with zero attached hydrogens (tertiary/aromatic N) is 1. The van der Waals surface area contributed by atoms with Gasteiger partial charge in [-0.1, -0.05) is 0 Å². The predicted molar refractivity (Wildman–Crippen MR) is 48.0 cm³/mol. The van der Waals surface area contributed by atoms with Crippen LogP contribution in [0.4, 0.5) is 0 Å². The van der Waals surface area contributed by atoms with E-state index < -0.39 is 0 Å². The van der Waals surface area contributed by atoms with Gasteiger partial charge in [0.15, 0.2) is 0 Å². The van der Waals surface area contributed by atoms with Crippen LogP contribution in [0.25, 0.3) is 0 Å². The molecule has 74 valence electrons. The highest BCUT2D eigenvalue weighted by Gasteiger charge is 1.97. The van der Waals surface area contributed by atoms with Gasteiger partial charge in [-0.25, -0.2) is 0 Å². The second kappa shape index (κ2) is 8.97. The molecule has 0 radical (unpaired) electrons. The van der Waals surface area contributed by atoms with Crippen molar-refractivity contribution in [2.75, 3.05) is 32.8 Å². The number of amides is 1. The van der Waals surface area contributed by atoms with Crippen molar-refractivity contribution >= 4 is 5.91 Å². The van der Waals surface area contributed by atoms with Crippen molar-refractivity contribution in [1.29, 1.82) is 5.26 Å². The zero-order chi connectivity index (χ0) is 9.94. The second-order valence-corrected chi connectivity index (χ2v) is 2.31. The third-order valence-electron chi connectivity index (χ3n) is 1.28. The number of ether oxygens (including phenoxy) is 1. The van der Waals surface area contributed by atoms with Crippen molar-refractivity contribution in [2.24, 2.45) is 0 Å². The summed E-state index contributed by atoms with van der Waals surface area (Å²) in [6.07, 6.45) is 0. The minimum absolute atomic E-state index is 0.0615. The van der Waals surface area contributed by atoms with E-state index in [9.17, 15) is 4.79 Å². The molecule has 0 aliphatic heterocycles. The number of rotatable bonds is 7. The van der Waals surface area contributed by atoms with Gasteiger partial charge in [0.05, 0.1) is 19.2 Å². The van der Waals surface area contributed by atoms with E-state index in [1.165, 1.54) is 0 Å². The zero-order valence-electron chi connectivity index (χ0n) is 7.80. The Morgan fingerprint density at radius 2 is 2.38 bits per heavy atom. The molecule has 0 saturated carbocycles. The molecule has 13 heavy (non-hydrogen) atoms. The van der Waals surface area contributed by atoms with Gasteiger partial charge in [0, 0.05) is 13.2 Å². The van der Waals surface area contributed by atoms with Crippen LogP contribution in [-0.2, 0) is 9.53 Å². The molecular weight excluding hydrogens is 170 g/mol. The van der Waals surface area contributed by atoms with E-state index in [4.69, 9.17) is 10.00 Å². The van der Waals surface area contributed by atoms with Crippen molar-refractivity contribution in [3.63, 3.8) is 0 Å². The van der Waals surface area contributed by atoms with E-state index in [1.807, 2.05) is 13.0 Å². The van der Waals surface area contributed by atoms with Crippen LogP contribution >= 0.6 is 0 Å².